The van der Waals surface area contributed by atoms with Crippen molar-refractivity contribution in [2.45, 2.75) is 12.8 Å². The predicted molar refractivity (Wildman–Crippen MR) is 99.9 cm³/mol. The van der Waals surface area contributed by atoms with E-state index in [2.05, 4.69) is 29.5 Å². The topological polar surface area (TPSA) is 12.0 Å². The minimum atomic E-state index is 0. The van der Waals surface area contributed by atoms with Gasteiger partial charge >= 0.3 is 69.7 Å². The molecular weight excluding hydrogens is 391 g/mol. The van der Waals surface area contributed by atoms with Crippen LogP contribution in [0.3, 0.4) is 0 Å². The normalized spacial score (nSPS) is 11.2. The van der Waals surface area contributed by atoms with Crippen molar-refractivity contribution in [2.75, 3.05) is 5.23 Å². The number of hydrogen-bond acceptors (Lipinski definition) is 1. The first kappa shape index (κ1) is 26.4. The van der Waals surface area contributed by atoms with Gasteiger partial charge in [0.15, 0.2) is 0 Å². The number of halogens is 2. The Morgan fingerprint density at radius 2 is 1.41 bits per heavy atom. The number of hydrogen-bond donors (Lipinski definition) is 1. The van der Waals surface area contributed by atoms with E-state index >= 15 is 0 Å². The zero-order valence-electron chi connectivity index (χ0n) is 12.7. The second-order valence-corrected chi connectivity index (χ2v) is 4.37. The fraction of sp³-hybridized carbons (Fsp3) is 0.118. The van der Waals surface area contributed by atoms with Crippen LogP contribution in [0, 0.1) is 19.6 Å². The fourth-order valence-corrected chi connectivity index (χ4v) is 1.71. The second-order valence-electron chi connectivity index (χ2n) is 3.66. The Balaban J connectivity index is -0.000000243. The van der Waals surface area contributed by atoms with Crippen molar-refractivity contribution in [3.05, 3.63) is 86.4 Å². The molecule has 0 fully saturated rings. The van der Waals surface area contributed by atoms with Gasteiger partial charge in [0.05, 0.1) is 0 Å². The van der Waals surface area contributed by atoms with Crippen LogP contribution >= 0.6 is 24.8 Å². The zero-order chi connectivity index (χ0) is 13.6. The number of para-hydroxylation sites is 1. The molecule has 1 aromatic rings. The van der Waals surface area contributed by atoms with E-state index in [1.165, 1.54) is 24.0 Å². The third-order valence-corrected chi connectivity index (χ3v) is 2.54. The Morgan fingerprint density at radius 3 is 1.68 bits per heavy atom. The molecule has 0 heterocycles. The van der Waals surface area contributed by atoms with E-state index in [4.69, 9.17) is 0 Å². The summed E-state index contributed by atoms with van der Waals surface area (Å²) in [6.45, 7) is 0. The van der Waals surface area contributed by atoms with E-state index in [0.717, 1.165) is 18.5 Å². The summed E-state index contributed by atoms with van der Waals surface area (Å²) in [6.07, 6.45) is 20.0. The molecule has 0 amide bonds. The molecule has 22 heavy (non-hydrogen) atoms. The van der Waals surface area contributed by atoms with Crippen molar-refractivity contribution in [2.24, 2.45) is 0 Å². The number of benzene rings is 1. The van der Waals surface area contributed by atoms with Crippen LogP contribution < -0.4 is 5.23 Å². The first-order valence-corrected chi connectivity index (χ1v) is 7.59. The standard InChI is InChI=1S/C6H6BN.2C5H5.CH3.2ClH.Zr/c7-8-6-4-2-1-3-5-6;2*1-2-4-5-3-1;;;;/h1-5,8H;2*1-3H,4H2;1H3;2*1H;/q;3*-1;;;. The fourth-order valence-electron chi connectivity index (χ4n) is 1.30. The van der Waals surface area contributed by atoms with E-state index in [9.17, 15) is 0 Å². The van der Waals surface area contributed by atoms with Crippen molar-refractivity contribution in [3.63, 3.8) is 0 Å². The molecule has 0 bridgehead atoms. The van der Waals surface area contributed by atoms with Crippen LogP contribution in [0.5, 0.6) is 0 Å². The summed E-state index contributed by atoms with van der Waals surface area (Å²) in [4.78, 5) is 0. The van der Waals surface area contributed by atoms with E-state index in [1.807, 2.05) is 59.1 Å². The molecule has 0 spiro atoms. The Labute approximate surface area is 162 Å². The van der Waals surface area contributed by atoms with Crippen LogP contribution in [0.1, 0.15) is 12.8 Å². The summed E-state index contributed by atoms with van der Waals surface area (Å²) in [5, 5.41) is 3.12. The molecule has 1 nitrogen and oxygen atoms in total. The molecule has 1 aromatic carbocycles. The predicted octanol–water partition coefficient (Wildman–Crippen LogP) is 5.08. The Bertz CT molecular complexity index is 429. The molecule has 2 aliphatic rings. The summed E-state index contributed by atoms with van der Waals surface area (Å²) in [7, 11) is 0. The average molecular weight is 412 g/mol. The van der Waals surface area contributed by atoms with Gasteiger partial charge in [-0.25, -0.2) is 24.3 Å². The van der Waals surface area contributed by atoms with E-state index in [0.29, 0.717) is 0 Å². The number of nitrogens with one attached hydrogen (secondary N) is 1. The summed E-state index contributed by atoms with van der Waals surface area (Å²) in [6, 6.07) is 10.1. The van der Waals surface area contributed by atoms with Crippen LogP contribution in [-0.2, 0) is 24.0 Å². The second kappa shape index (κ2) is 20.5. The molecule has 0 saturated heterocycles. The van der Waals surface area contributed by atoms with Crippen LogP contribution in [-0.4, -0.2) is 4.51 Å². The van der Waals surface area contributed by atoms with Gasteiger partial charge in [-0.3, -0.25) is 12.2 Å². The van der Waals surface area contributed by atoms with Gasteiger partial charge in [0.25, 0.3) is 0 Å². The molecule has 1 N–H and O–H groups in total. The molecule has 5 heteroatoms. The summed E-state index contributed by atoms with van der Waals surface area (Å²) >= 11 is 1.40. The summed E-state index contributed by atoms with van der Waals surface area (Å²) in [5.41, 5.74) is 1.16. The quantitative estimate of drug-likeness (QED) is 0.528. The van der Waals surface area contributed by atoms with Gasteiger partial charge in [-0.1, -0.05) is 0 Å². The van der Waals surface area contributed by atoms with Crippen LogP contribution in [0.2, 0.25) is 0 Å². The van der Waals surface area contributed by atoms with Gasteiger partial charge in [-0.2, -0.15) is 12.2 Å². The maximum atomic E-state index is 3.12. The maximum absolute atomic E-state index is 3.12. The Morgan fingerprint density at radius 1 is 0.909 bits per heavy atom. The molecule has 0 atom stereocenters. The van der Waals surface area contributed by atoms with Crippen molar-refractivity contribution < 1.29 is 24.0 Å². The molecule has 0 unspecified atom stereocenters. The third kappa shape index (κ3) is 15.9. The van der Waals surface area contributed by atoms with E-state index in [-0.39, 0.29) is 32.2 Å². The van der Waals surface area contributed by atoms with Crippen LogP contribution in [0.4, 0.5) is 5.69 Å². The van der Waals surface area contributed by atoms with Gasteiger partial charge in [-0.05, 0) is 0 Å². The van der Waals surface area contributed by atoms with Crippen LogP contribution in [0.15, 0.2) is 66.8 Å². The van der Waals surface area contributed by atoms with Gasteiger partial charge < -0.3 is 7.43 Å². The van der Waals surface area contributed by atoms with Gasteiger partial charge in [0.2, 0.25) is 0 Å². The Kier molecular flexibility index (Phi) is 24.6. The molecule has 0 aromatic heterocycles. The first-order valence-electron chi connectivity index (χ1n) is 6.17. The molecule has 0 radical (unpaired) electrons. The first-order chi connectivity index (χ1) is 9.43. The van der Waals surface area contributed by atoms with Crippen LogP contribution in [0.25, 0.3) is 0 Å². The van der Waals surface area contributed by atoms with Crippen molar-refractivity contribution in [3.8, 4) is 0 Å². The molecule has 0 saturated carbocycles. The summed E-state index contributed by atoms with van der Waals surface area (Å²) < 4.78 is 2.00. The third-order valence-electron chi connectivity index (χ3n) is 2.18. The molecule has 118 valence electrons. The van der Waals surface area contributed by atoms with E-state index < -0.39 is 0 Å². The van der Waals surface area contributed by atoms with Crippen molar-refractivity contribution in [1.82, 2.24) is 0 Å². The molecular formula is C17H21BCl2NZr-3. The number of allylic oxidation sites excluding steroid dienone is 8. The minimum absolute atomic E-state index is 0. The molecule has 0 aliphatic heterocycles. The van der Waals surface area contributed by atoms with Gasteiger partial charge in [0, 0.05) is 0 Å². The molecule has 3 rings (SSSR count). The van der Waals surface area contributed by atoms with Gasteiger partial charge in [0.1, 0.15) is 0 Å². The van der Waals surface area contributed by atoms with Crippen molar-refractivity contribution >= 4 is 35.0 Å². The Hall–Kier alpha value is -0.492. The van der Waals surface area contributed by atoms with Gasteiger partial charge in [-0.15, -0.1) is 37.7 Å². The van der Waals surface area contributed by atoms with Crippen molar-refractivity contribution in [1.29, 1.82) is 0 Å². The molecule has 2 aliphatic carbocycles. The monoisotopic (exact) mass is 410 g/mol. The van der Waals surface area contributed by atoms with E-state index in [1.54, 1.807) is 0 Å². The SMILES string of the molecule is Cl.Cl.[C-]1=CC=CC1.[C-]1=CC=CC1.[CH3-].[Zr]=[B]Nc1ccccc1. The summed E-state index contributed by atoms with van der Waals surface area (Å²) in [5.74, 6) is 0. The average Bonchev–Trinajstić information content (AvgIpc) is 3.19. The number of anilines is 1. The zero-order valence-corrected chi connectivity index (χ0v) is 16.7. The number of rotatable bonds is 2.